The van der Waals surface area contributed by atoms with Gasteiger partial charge in [0, 0.05) is 0 Å². The highest BCUT2D eigenvalue weighted by Gasteiger charge is 2.36. The van der Waals surface area contributed by atoms with Crippen molar-refractivity contribution in [2.75, 3.05) is 4.90 Å². The van der Waals surface area contributed by atoms with Crippen LogP contribution in [-0.2, 0) is 19.7 Å². The Balaban J connectivity index is 1.63. The number of nitrogens with one attached hydrogen (secondary N) is 1. The van der Waals surface area contributed by atoms with Crippen LogP contribution in [0.15, 0.2) is 83.3 Å². The van der Waals surface area contributed by atoms with Crippen molar-refractivity contribution in [3.8, 4) is 11.5 Å². The number of amides is 4. The molecule has 172 valence electrons. The molecule has 3 aromatic carbocycles. The van der Waals surface area contributed by atoms with E-state index in [0.717, 1.165) is 10.5 Å². The van der Waals surface area contributed by atoms with Gasteiger partial charge in [0.15, 0.2) is 0 Å². The summed E-state index contributed by atoms with van der Waals surface area (Å²) in [5.41, 5.74) is 1.00. The lowest BCUT2D eigenvalue weighted by molar-refractivity contribution is -0.122. The first-order chi connectivity index (χ1) is 16.1. The molecule has 0 aliphatic carbocycles. The van der Waals surface area contributed by atoms with Crippen LogP contribution in [0.25, 0.3) is 6.08 Å². The van der Waals surface area contributed by atoms with E-state index in [4.69, 9.17) is 4.18 Å². The molecule has 0 unspecified atom stereocenters. The van der Waals surface area contributed by atoms with Gasteiger partial charge < -0.3 is 9.29 Å². The van der Waals surface area contributed by atoms with Crippen molar-refractivity contribution in [1.29, 1.82) is 0 Å². The maximum Gasteiger partial charge on any atom is 0.339 e. The van der Waals surface area contributed by atoms with Crippen LogP contribution in [0, 0.1) is 6.92 Å². The number of aryl methyl sites for hydroxylation is 1. The lowest BCUT2D eigenvalue weighted by Gasteiger charge is -2.26. The van der Waals surface area contributed by atoms with Crippen LogP contribution in [0.5, 0.6) is 11.5 Å². The summed E-state index contributed by atoms with van der Waals surface area (Å²) in [6, 6.07) is 16.3. The molecular weight excluding hydrogens is 460 g/mol. The predicted octanol–water partition coefficient (Wildman–Crippen LogP) is 3.13. The smallest absolute Gasteiger partial charge is 0.339 e. The van der Waals surface area contributed by atoms with E-state index < -0.39 is 28.0 Å². The second-order valence-electron chi connectivity index (χ2n) is 7.40. The van der Waals surface area contributed by atoms with Crippen LogP contribution in [-0.4, -0.2) is 31.4 Å². The normalized spacial score (nSPS) is 15.4. The molecule has 1 aliphatic heterocycles. The second kappa shape index (κ2) is 8.83. The molecule has 1 heterocycles. The molecule has 4 rings (SSSR count). The van der Waals surface area contributed by atoms with E-state index in [1.807, 2.05) is 6.92 Å². The third-order valence-corrected chi connectivity index (χ3v) is 6.16. The first kappa shape index (κ1) is 22.7. The number of benzene rings is 3. The molecule has 0 spiro atoms. The van der Waals surface area contributed by atoms with Crippen LogP contribution < -0.4 is 14.4 Å². The van der Waals surface area contributed by atoms with Gasteiger partial charge in [-0.1, -0.05) is 29.8 Å². The lowest BCUT2D eigenvalue weighted by Crippen LogP contribution is -2.54. The number of phenols is 1. The van der Waals surface area contributed by atoms with Gasteiger partial charge in [-0.2, -0.15) is 8.42 Å². The molecule has 0 atom stereocenters. The Labute approximate surface area is 195 Å². The van der Waals surface area contributed by atoms with Crippen LogP contribution in [0.1, 0.15) is 11.1 Å². The van der Waals surface area contributed by atoms with Gasteiger partial charge in [-0.15, -0.1) is 0 Å². The number of hydrogen-bond acceptors (Lipinski definition) is 7. The fourth-order valence-electron chi connectivity index (χ4n) is 3.20. The zero-order valence-electron chi connectivity index (χ0n) is 17.8. The molecule has 1 aliphatic rings. The lowest BCUT2D eigenvalue weighted by atomic mass is 10.1. The average molecular weight is 478 g/mol. The Morgan fingerprint density at radius 2 is 1.62 bits per heavy atom. The molecule has 2 N–H and O–H groups in total. The van der Waals surface area contributed by atoms with Gasteiger partial charge in [-0.3, -0.25) is 14.9 Å². The fraction of sp³-hybridized carbons (Fsp3) is 0.0417. The number of anilines is 1. The molecule has 4 amide bonds. The molecule has 0 saturated carbocycles. The summed E-state index contributed by atoms with van der Waals surface area (Å²) < 4.78 is 30.3. The average Bonchev–Trinajstić information content (AvgIpc) is 2.78. The van der Waals surface area contributed by atoms with E-state index in [1.54, 1.807) is 18.2 Å². The van der Waals surface area contributed by atoms with Crippen LogP contribution in [0.3, 0.4) is 0 Å². The Morgan fingerprint density at radius 3 is 2.29 bits per heavy atom. The minimum atomic E-state index is -4.10. The predicted molar refractivity (Wildman–Crippen MR) is 123 cm³/mol. The number of hydrogen-bond donors (Lipinski definition) is 2. The van der Waals surface area contributed by atoms with Crippen LogP contribution >= 0.6 is 0 Å². The van der Waals surface area contributed by atoms with E-state index in [9.17, 15) is 27.9 Å². The van der Waals surface area contributed by atoms with E-state index >= 15 is 0 Å². The minimum absolute atomic E-state index is 0.0215. The summed E-state index contributed by atoms with van der Waals surface area (Å²) in [6.07, 6.45) is 1.23. The van der Waals surface area contributed by atoms with Gasteiger partial charge in [0.1, 0.15) is 22.0 Å². The molecule has 1 fully saturated rings. The van der Waals surface area contributed by atoms with Gasteiger partial charge in [-0.05, 0) is 67.1 Å². The Kier molecular flexibility index (Phi) is 5.91. The topological polar surface area (TPSA) is 130 Å². The van der Waals surface area contributed by atoms with Crippen LogP contribution in [0.4, 0.5) is 10.5 Å². The first-order valence-electron chi connectivity index (χ1n) is 9.96. The van der Waals surface area contributed by atoms with Crippen molar-refractivity contribution >= 4 is 39.7 Å². The van der Waals surface area contributed by atoms with Gasteiger partial charge in [0.05, 0.1) is 5.69 Å². The van der Waals surface area contributed by atoms with Crippen molar-refractivity contribution in [3.63, 3.8) is 0 Å². The third kappa shape index (κ3) is 4.66. The number of carbonyl (C=O) groups is 3. The van der Waals surface area contributed by atoms with E-state index in [-0.39, 0.29) is 27.7 Å². The molecular formula is C24H18N2O7S. The highest BCUT2D eigenvalue weighted by molar-refractivity contribution is 7.87. The van der Waals surface area contributed by atoms with Crippen molar-refractivity contribution in [1.82, 2.24) is 5.32 Å². The summed E-state index contributed by atoms with van der Waals surface area (Å²) in [4.78, 5) is 38.3. The molecule has 10 heteroatoms. The quantitative estimate of drug-likeness (QED) is 0.327. The van der Waals surface area contributed by atoms with Crippen molar-refractivity contribution in [2.24, 2.45) is 0 Å². The van der Waals surface area contributed by atoms with Crippen LogP contribution in [0.2, 0.25) is 0 Å². The maximum atomic E-state index is 12.9. The van der Waals surface area contributed by atoms with Gasteiger partial charge in [-0.25, -0.2) is 9.69 Å². The molecule has 0 bridgehead atoms. The Bertz CT molecular complexity index is 1430. The largest absolute Gasteiger partial charge is 0.508 e. The van der Waals surface area contributed by atoms with Crippen molar-refractivity contribution < 1.29 is 32.1 Å². The number of carbonyl (C=O) groups excluding carboxylic acids is 3. The highest BCUT2D eigenvalue weighted by atomic mass is 32.2. The number of phenolic OH excluding ortho intramolecular Hbond substituents is 1. The zero-order valence-corrected chi connectivity index (χ0v) is 18.6. The van der Waals surface area contributed by atoms with Crippen molar-refractivity contribution in [3.05, 3.63) is 89.5 Å². The monoisotopic (exact) mass is 478 g/mol. The zero-order chi connectivity index (χ0) is 24.5. The van der Waals surface area contributed by atoms with E-state index in [2.05, 4.69) is 5.32 Å². The molecule has 34 heavy (non-hydrogen) atoms. The van der Waals surface area contributed by atoms with Gasteiger partial charge in [0.2, 0.25) is 0 Å². The molecule has 3 aromatic rings. The molecule has 1 saturated heterocycles. The Hall–Kier alpha value is -4.44. The maximum absolute atomic E-state index is 12.9. The Morgan fingerprint density at radius 1 is 0.941 bits per heavy atom. The summed E-state index contributed by atoms with van der Waals surface area (Å²) in [5, 5.41) is 11.5. The number of barbiturate groups is 1. The SMILES string of the molecule is Cc1ccc(S(=O)(=O)Oc2cccc(/C=C3/C(=O)NC(=O)N(c4ccc(O)cc4)C3=O)c2)cc1. The van der Waals surface area contributed by atoms with Gasteiger partial charge >= 0.3 is 16.1 Å². The van der Waals surface area contributed by atoms with Gasteiger partial charge in [0.25, 0.3) is 11.8 Å². The molecule has 9 nitrogen and oxygen atoms in total. The van der Waals surface area contributed by atoms with E-state index in [0.29, 0.717) is 5.56 Å². The third-order valence-electron chi connectivity index (χ3n) is 4.89. The number of imide groups is 2. The summed E-state index contributed by atoms with van der Waals surface area (Å²) in [7, 11) is -4.10. The summed E-state index contributed by atoms with van der Waals surface area (Å²) in [6.45, 7) is 1.83. The minimum Gasteiger partial charge on any atom is -0.508 e. The highest BCUT2D eigenvalue weighted by Crippen LogP contribution is 2.25. The number of aromatic hydroxyl groups is 1. The number of nitrogens with zero attached hydrogens (tertiary/aromatic N) is 1. The number of urea groups is 1. The fourth-order valence-corrected chi connectivity index (χ4v) is 4.12. The summed E-state index contributed by atoms with van der Waals surface area (Å²) >= 11 is 0. The van der Waals surface area contributed by atoms with Crippen molar-refractivity contribution in [2.45, 2.75) is 11.8 Å². The molecule has 0 radical (unpaired) electrons. The standard InChI is InChI=1S/C24H18N2O7S/c1-15-5-11-20(12-6-15)34(31,32)33-19-4-2-3-16(13-19)14-21-22(28)25-24(30)26(23(21)29)17-7-9-18(27)10-8-17/h2-14,27H,1H3,(H,25,28,30)/b21-14-. The number of rotatable bonds is 5. The van der Waals surface area contributed by atoms with E-state index in [1.165, 1.54) is 60.7 Å². The molecule has 0 aromatic heterocycles. The first-order valence-corrected chi connectivity index (χ1v) is 11.4. The summed E-state index contributed by atoms with van der Waals surface area (Å²) in [5.74, 6) is -1.86. The second-order valence-corrected chi connectivity index (χ2v) is 8.94.